The summed E-state index contributed by atoms with van der Waals surface area (Å²) < 4.78 is 26.9. The minimum absolute atomic E-state index is 0. The first-order valence-electron chi connectivity index (χ1n) is 7.74. The first-order valence-corrected chi connectivity index (χ1v) is 8.11. The van der Waals surface area contributed by atoms with Crippen molar-refractivity contribution in [2.75, 3.05) is 0 Å². The maximum atomic E-state index is 13.4. The standard InChI is InChI=1S/C21H15ClF2O.3CH4/c1-14(25)21(15-2-8-18(22)9-3-15,16-4-10-19(23)11-5-16)17-6-12-20(24)13-7-17;;;/h2-13H,1H3;3*1H4. The Bertz CT molecular complexity index is 774. The molecule has 4 heteroatoms. The van der Waals surface area contributed by atoms with Gasteiger partial charge in [-0.3, -0.25) is 4.79 Å². The molecule has 0 unspecified atom stereocenters. The normalized spacial score (nSPS) is 10.1. The van der Waals surface area contributed by atoms with Crippen LogP contribution < -0.4 is 0 Å². The van der Waals surface area contributed by atoms with E-state index in [1.807, 2.05) is 0 Å². The fourth-order valence-corrected chi connectivity index (χ4v) is 3.34. The van der Waals surface area contributed by atoms with Crippen LogP contribution in [0.4, 0.5) is 8.78 Å². The Hall–Kier alpha value is -2.52. The topological polar surface area (TPSA) is 17.1 Å². The van der Waals surface area contributed by atoms with Gasteiger partial charge in [-0.15, -0.1) is 0 Å². The summed E-state index contributed by atoms with van der Waals surface area (Å²) in [6.45, 7) is 1.47. The van der Waals surface area contributed by atoms with Crippen molar-refractivity contribution in [2.24, 2.45) is 0 Å². The van der Waals surface area contributed by atoms with Crippen LogP contribution in [-0.2, 0) is 10.2 Å². The van der Waals surface area contributed by atoms with Crippen LogP contribution in [0.15, 0.2) is 72.8 Å². The molecule has 0 aliphatic heterocycles. The molecule has 28 heavy (non-hydrogen) atoms. The Labute approximate surface area is 172 Å². The van der Waals surface area contributed by atoms with Gasteiger partial charge in [0.15, 0.2) is 0 Å². The molecule has 3 aromatic carbocycles. The predicted octanol–water partition coefficient (Wildman–Crippen LogP) is 7.45. The van der Waals surface area contributed by atoms with Crippen LogP contribution >= 0.6 is 11.6 Å². The minimum atomic E-state index is -1.17. The van der Waals surface area contributed by atoms with Crippen molar-refractivity contribution in [2.45, 2.75) is 34.6 Å². The van der Waals surface area contributed by atoms with Gasteiger partial charge in [0, 0.05) is 5.02 Å². The van der Waals surface area contributed by atoms with Crippen molar-refractivity contribution in [3.8, 4) is 0 Å². The molecule has 0 bridgehead atoms. The summed E-state index contributed by atoms with van der Waals surface area (Å²) in [6, 6.07) is 18.5. The Morgan fingerprint density at radius 1 is 0.679 bits per heavy atom. The number of carbonyl (C=O) groups is 1. The molecule has 0 atom stereocenters. The molecule has 0 N–H and O–H groups in total. The van der Waals surface area contributed by atoms with Crippen molar-refractivity contribution in [3.63, 3.8) is 0 Å². The van der Waals surface area contributed by atoms with Crippen molar-refractivity contribution in [1.29, 1.82) is 0 Å². The summed E-state index contributed by atoms with van der Waals surface area (Å²) in [5.41, 5.74) is 0.722. The van der Waals surface area contributed by atoms with Gasteiger partial charge in [-0.1, -0.05) is 70.3 Å². The number of hydrogen-bond acceptors (Lipinski definition) is 1. The summed E-state index contributed by atoms with van der Waals surface area (Å²) in [7, 11) is 0. The Kier molecular flexibility index (Phi) is 9.23. The van der Waals surface area contributed by atoms with Crippen LogP contribution in [0.1, 0.15) is 45.9 Å². The lowest BCUT2D eigenvalue weighted by atomic mass is 9.67. The molecule has 3 rings (SSSR count). The zero-order valence-corrected chi connectivity index (χ0v) is 14.2. The molecular weight excluding hydrogens is 378 g/mol. The second-order valence-corrected chi connectivity index (χ2v) is 6.26. The van der Waals surface area contributed by atoms with Gasteiger partial charge in [0.05, 0.1) is 0 Å². The average Bonchev–Trinajstić information content (AvgIpc) is 2.60. The third kappa shape index (κ3) is 4.48. The molecule has 0 aliphatic rings. The molecule has 0 aromatic heterocycles. The lowest BCUT2D eigenvalue weighted by Crippen LogP contribution is -2.37. The minimum Gasteiger partial charge on any atom is -0.298 e. The number of ketones is 1. The fourth-order valence-electron chi connectivity index (χ4n) is 3.21. The molecular formula is C24H27ClF2O. The van der Waals surface area contributed by atoms with Gasteiger partial charge in [-0.2, -0.15) is 0 Å². The molecule has 0 aliphatic carbocycles. The van der Waals surface area contributed by atoms with Gasteiger partial charge in [-0.25, -0.2) is 8.78 Å². The number of carbonyl (C=O) groups excluding carboxylic acids is 1. The first-order chi connectivity index (χ1) is 11.9. The van der Waals surface area contributed by atoms with Crippen molar-refractivity contribution >= 4 is 17.4 Å². The molecule has 0 amide bonds. The maximum Gasteiger partial charge on any atom is 0.149 e. The second kappa shape index (κ2) is 10.1. The summed E-state index contributed by atoms with van der Waals surface area (Å²) in [6.07, 6.45) is 0. The van der Waals surface area contributed by atoms with Crippen LogP contribution in [0.2, 0.25) is 5.02 Å². The molecule has 0 saturated carbocycles. The van der Waals surface area contributed by atoms with E-state index in [1.54, 1.807) is 48.5 Å². The van der Waals surface area contributed by atoms with Crippen LogP contribution in [-0.4, -0.2) is 5.78 Å². The zero-order chi connectivity index (χ0) is 18.0. The van der Waals surface area contributed by atoms with Crippen molar-refractivity contribution < 1.29 is 13.6 Å². The zero-order valence-electron chi connectivity index (χ0n) is 13.5. The highest BCUT2D eigenvalue weighted by molar-refractivity contribution is 6.30. The monoisotopic (exact) mass is 404 g/mol. The summed E-state index contributed by atoms with van der Waals surface area (Å²) in [5.74, 6) is -0.944. The number of Topliss-reactive ketones (excluding diaryl/α,β-unsaturated/α-hetero) is 1. The third-order valence-corrected chi connectivity index (χ3v) is 4.61. The lowest BCUT2D eigenvalue weighted by molar-refractivity contribution is -0.119. The van der Waals surface area contributed by atoms with Crippen LogP contribution in [0.5, 0.6) is 0 Å². The van der Waals surface area contributed by atoms with E-state index in [0.29, 0.717) is 21.7 Å². The van der Waals surface area contributed by atoms with Crippen molar-refractivity contribution in [1.82, 2.24) is 0 Å². The quantitative estimate of drug-likeness (QED) is 0.412. The van der Waals surface area contributed by atoms with E-state index in [1.165, 1.54) is 31.2 Å². The SMILES string of the molecule is C.C.C.CC(=O)C(c1ccc(F)cc1)(c1ccc(F)cc1)c1ccc(Cl)cc1. The number of halogens is 3. The van der Waals surface area contributed by atoms with E-state index in [4.69, 9.17) is 11.6 Å². The number of benzene rings is 3. The van der Waals surface area contributed by atoms with Gasteiger partial charge in [-0.05, 0) is 60.0 Å². The molecule has 1 nitrogen and oxygen atoms in total. The molecule has 0 fully saturated rings. The summed E-state index contributed by atoms with van der Waals surface area (Å²) >= 11 is 5.99. The summed E-state index contributed by atoms with van der Waals surface area (Å²) in [4.78, 5) is 12.9. The number of hydrogen-bond donors (Lipinski definition) is 0. The maximum absolute atomic E-state index is 13.4. The van der Waals surface area contributed by atoms with Crippen LogP contribution in [0.3, 0.4) is 0 Å². The number of rotatable bonds is 4. The van der Waals surface area contributed by atoms with E-state index in [2.05, 4.69) is 0 Å². The van der Waals surface area contributed by atoms with Gasteiger partial charge >= 0.3 is 0 Å². The van der Waals surface area contributed by atoms with E-state index in [-0.39, 0.29) is 28.1 Å². The first kappa shape index (κ1) is 25.5. The smallest absolute Gasteiger partial charge is 0.149 e. The molecule has 3 aromatic rings. The Morgan fingerprint density at radius 3 is 1.25 bits per heavy atom. The predicted molar refractivity (Wildman–Crippen MR) is 115 cm³/mol. The second-order valence-electron chi connectivity index (χ2n) is 5.83. The van der Waals surface area contributed by atoms with Crippen LogP contribution in [0.25, 0.3) is 0 Å². The Balaban J connectivity index is 0.00000243. The van der Waals surface area contributed by atoms with Gasteiger partial charge in [0.1, 0.15) is 22.8 Å². The van der Waals surface area contributed by atoms with Gasteiger partial charge in [0.25, 0.3) is 0 Å². The highest BCUT2D eigenvalue weighted by Crippen LogP contribution is 2.40. The van der Waals surface area contributed by atoms with Crippen LogP contribution in [0, 0.1) is 11.6 Å². The molecule has 0 heterocycles. The molecule has 0 spiro atoms. The van der Waals surface area contributed by atoms with E-state index in [0.717, 1.165) is 0 Å². The van der Waals surface area contributed by atoms with Gasteiger partial charge in [0.2, 0.25) is 0 Å². The fraction of sp³-hybridized carbons (Fsp3) is 0.208. The van der Waals surface area contributed by atoms with Gasteiger partial charge < -0.3 is 0 Å². The highest BCUT2D eigenvalue weighted by atomic mass is 35.5. The average molecular weight is 405 g/mol. The summed E-state index contributed by atoms with van der Waals surface area (Å²) in [5, 5.41) is 0.541. The molecule has 150 valence electrons. The molecule has 0 radical (unpaired) electrons. The molecule has 0 saturated heterocycles. The largest absolute Gasteiger partial charge is 0.298 e. The third-order valence-electron chi connectivity index (χ3n) is 4.36. The van der Waals surface area contributed by atoms with Crippen molar-refractivity contribution in [3.05, 3.63) is 106 Å². The Morgan fingerprint density at radius 2 is 0.964 bits per heavy atom. The van der Waals surface area contributed by atoms with E-state index < -0.39 is 17.0 Å². The van der Waals surface area contributed by atoms with E-state index >= 15 is 0 Å². The highest BCUT2D eigenvalue weighted by Gasteiger charge is 2.41. The van der Waals surface area contributed by atoms with E-state index in [9.17, 15) is 13.6 Å². The lowest BCUT2D eigenvalue weighted by Gasteiger charge is -2.33.